The fourth-order valence-electron chi connectivity index (χ4n) is 2.08. The number of nitrogens with one attached hydrogen (secondary N) is 2. The molecular weight excluding hydrogens is 318 g/mol. The maximum Gasteiger partial charge on any atom is 0.191 e. The average Bonchev–Trinajstić information content (AvgIpc) is 2.63. The molecule has 0 aromatic heterocycles. The fraction of sp³-hybridized carbons (Fsp3) is 0.632. The zero-order valence-electron chi connectivity index (χ0n) is 15.8. The molecule has 0 aliphatic carbocycles. The van der Waals surface area contributed by atoms with Crippen molar-refractivity contribution in [1.82, 2.24) is 10.6 Å². The van der Waals surface area contributed by atoms with Gasteiger partial charge in [-0.05, 0) is 18.4 Å². The van der Waals surface area contributed by atoms with Crippen molar-refractivity contribution in [2.75, 3.05) is 53.2 Å². The number of hydrogen-bond donors (Lipinski definition) is 2. The zero-order chi connectivity index (χ0) is 18.2. The number of hydrogen-bond acceptors (Lipinski definition) is 4. The summed E-state index contributed by atoms with van der Waals surface area (Å²) in [5, 5.41) is 6.51. The van der Waals surface area contributed by atoms with Gasteiger partial charge in [0.05, 0.1) is 33.0 Å². The summed E-state index contributed by atoms with van der Waals surface area (Å²) in [5.74, 6) is 1.17. The lowest BCUT2D eigenvalue weighted by molar-refractivity contribution is 0.0733. The Morgan fingerprint density at radius 1 is 1.08 bits per heavy atom. The van der Waals surface area contributed by atoms with E-state index >= 15 is 0 Å². The SMILES string of the molecule is CCNC(=NCC(C)COCc1ccccc1)NCCOCCOC. The lowest BCUT2D eigenvalue weighted by Crippen LogP contribution is -2.39. The van der Waals surface area contributed by atoms with E-state index in [0.717, 1.165) is 12.5 Å². The van der Waals surface area contributed by atoms with Gasteiger partial charge in [0.25, 0.3) is 0 Å². The molecule has 0 aliphatic heterocycles. The fourth-order valence-corrected chi connectivity index (χ4v) is 2.08. The van der Waals surface area contributed by atoms with E-state index in [1.165, 1.54) is 5.56 Å². The summed E-state index contributed by atoms with van der Waals surface area (Å²) >= 11 is 0. The van der Waals surface area contributed by atoms with Crippen LogP contribution in [0.2, 0.25) is 0 Å². The van der Waals surface area contributed by atoms with E-state index in [0.29, 0.717) is 52.0 Å². The van der Waals surface area contributed by atoms with Crippen LogP contribution in [-0.2, 0) is 20.8 Å². The van der Waals surface area contributed by atoms with Crippen LogP contribution in [0.3, 0.4) is 0 Å². The van der Waals surface area contributed by atoms with Gasteiger partial charge in [0, 0.05) is 26.7 Å². The first kappa shape index (κ1) is 21.4. The average molecular weight is 351 g/mol. The predicted molar refractivity (Wildman–Crippen MR) is 102 cm³/mol. The maximum atomic E-state index is 5.77. The van der Waals surface area contributed by atoms with Gasteiger partial charge in [0.15, 0.2) is 5.96 Å². The maximum absolute atomic E-state index is 5.77. The molecule has 1 atom stereocenters. The minimum absolute atomic E-state index is 0.358. The lowest BCUT2D eigenvalue weighted by Gasteiger charge is -2.14. The van der Waals surface area contributed by atoms with Gasteiger partial charge in [-0.1, -0.05) is 37.3 Å². The summed E-state index contributed by atoms with van der Waals surface area (Å²) in [7, 11) is 1.67. The van der Waals surface area contributed by atoms with Crippen LogP contribution in [0.1, 0.15) is 19.4 Å². The predicted octanol–water partition coefficient (Wildman–Crippen LogP) is 2.06. The van der Waals surface area contributed by atoms with Crippen molar-refractivity contribution in [3.63, 3.8) is 0 Å². The highest BCUT2D eigenvalue weighted by molar-refractivity contribution is 5.79. The number of guanidine groups is 1. The van der Waals surface area contributed by atoms with Gasteiger partial charge in [0.2, 0.25) is 0 Å². The lowest BCUT2D eigenvalue weighted by atomic mass is 10.2. The quantitative estimate of drug-likeness (QED) is 0.324. The summed E-state index contributed by atoms with van der Waals surface area (Å²) in [5.41, 5.74) is 1.20. The van der Waals surface area contributed by atoms with Gasteiger partial charge in [0.1, 0.15) is 0 Å². The van der Waals surface area contributed by atoms with Crippen LogP contribution in [0, 0.1) is 5.92 Å². The van der Waals surface area contributed by atoms with Gasteiger partial charge in [-0.2, -0.15) is 0 Å². The minimum Gasteiger partial charge on any atom is -0.382 e. The Morgan fingerprint density at radius 3 is 2.60 bits per heavy atom. The zero-order valence-corrected chi connectivity index (χ0v) is 15.8. The van der Waals surface area contributed by atoms with E-state index in [2.05, 4.69) is 41.6 Å². The summed E-state index contributed by atoms with van der Waals surface area (Å²) in [6, 6.07) is 10.2. The van der Waals surface area contributed by atoms with Crippen molar-refractivity contribution < 1.29 is 14.2 Å². The largest absolute Gasteiger partial charge is 0.382 e. The molecule has 1 unspecified atom stereocenters. The molecule has 0 fully saturated rings. The molecule has 0 aliphatic rings. The first-order valence-electron chi connectivity index (χ1n) is 8.96. The van der Waals surface area contributed by atoms with E-state index in [1.54, 1.807) is 7.11 Å². The van der Waals surface area contributed by atoms with E-state index in [1.807, 2.05) is 18.2 Å². The van der Waals surface area contributed by atoms with Crippen molar-refractivity contribution in [2.24, 2.45) is 10.9 Å². The molecule has 0 radical (unpaired) electrons. The van der Waals surface area contributed by atoms with Crippen molar-refractivity contribution in [1.29, 1.82) is 0 Å². The topological polar surface area (TPSA) is 64.1 Å². The van der Waals surface area contributed by atoms with Gasteiger partial charge in [-0.3, -0.25) is 4.99 Å². The Bertz CT molecular complexity index is 454. The van der Waals surface area contributed by atoms with Crippen LogP contribution in [0.5, 0.6) is 0 Å². The molecule has 0 bridgehead atoms. The molecule has 0 saturated heterocycles. The first-order valence-corrected chi connectivity index (χ1v) is 8.96. The Hall–Kier alpha value is -1.63. The third-order valence-corrected chi connectivity index (χ3v) is 3.39. The molecule has 6 heteroatoms. The van der Waals surface area contributed by atoms with Gasteiger partial charge >= 0.3 is 0 Å². The van der Waals surface area contributed by atoms with E-state index in [9.17, 15) is 0 Å². The molecule has 1 aromatic carbocycles. The molecule has 0 saturated carbocycles. The van der Waals surface area contributed by atoms with Crippen LogP contribution >= 0.6 is 0 Å². The van der Waals surface area contributed by atoms with Gasteiger partial charge < -0.3 is 24.8 Å². The third kappa shape index (κ3) is 11.5. The monoisotopic (exact) mass is 351 g/mol. The van der Waals surface area contributed by atoms with E-state index < -0.39 is 0 Å². The Kier molecular flexibility index (Phi) is 12.6. The normalized spacial score (nSPS) is 12.8. The molecule has 0 amide bonds. The van der Waals surface area contributed by atoms with Crippen molar-refractivity contribution in [3.05, 3.63) is 35.9 Å². The van der Waals surface area contributed by atoms with Crippen molar-refractivity contribution >= 4 is 5.96 Å². The summed E-state index contributed by atoms with van der Waals surface area (Å²) in [6.45, 7) is 9.66. The molecule has 142 valence electrons. The molecule has 1 rings (SSSR count). The number of aliphatic imine (C=N–C) groups is 1. The van der Waals surface area contributed by atoms with Crippen molar-refractivity contribution in [3.8, 4) is 0 Å². The molecular formula is C19H33N3O3. The number of rotatable bonds is 13. The molecule has 1 aromatic rings. The minimum atomic E-state index is 0.358. The molecule has 0 spiro atoms. The second-order valence-electron chi connectivity index (χ2n) is 5.86. The second kappa shape index (κ2) is 14.7. The molecule has 6 nitrogen and oxygen atoms in total. The highest BCUT2D eigenvalue weighted by atomic mass is 16.5. The van der Waals surface area contributed by atoms with Crippen LogP contribution < -0.4 is 10.6 Å². The summed E-state index contributed by atoms with van der Waals surface area (Å²) in [6.07, 6.45) is 0. The first-order chi connectivity index (χ1) is 12.3. The van der Waals surface area contributed by atoms with Gasteiger partial charge in [-0.25, -0.2) is 0 Å². The standard InChI is InChI=1S/C19H33N3O3/c1-4-20-19(21-10-11-24-13-12-23-3)22-14-17(2)15-25-16-18-8-6-5-7-9-18/h5-9,17H,4,10-16H2,1-3H3,(H2,20,21,22). The Morgan fingerprint density at radius 2 is 1.88 bits per heavy atom. The number of nitrogens with zero attached hydrogens (tertiary/aromatic N) is 1. The number of methoxy groups -OCH3 is 1. The van der Waals surface area contributed by atoms with Crippen LogP contribution in [0.25, 0.3) is 0 Å². The van der Waals surface area contributed by atoms with Crippen LogP contribution in [0.15, 0.2) is 35.3 Å². The molecule has 25 heavy (non-hydrogen) atoms. The molecule has 2 N–H and O–H groups in total. The van der Waals surface area contributed by atoms with E-state index in [4.69, 9.17) is 14.2 Å². The Balaban J connectivity index is 2.20. The van der Waals surface area contributed by atoms with Crippen LogP contribution in [-0.4, -0.2) is 59.1 Å². The number of ether oxygens (including phenoxy) is 3. The smallest absolute Gasteiger partial charge is 0.191 e. The summed E-state index contributed by atoms with van der Waals surface area (Å²) < 4.78 is 16.1. The molecule has 0 heterocycles. The second-order valence-corrected chi connectivity index (χ2v) is 5.86. The van der Waals surface area contributed by atoms with E-state index in [-0.39, 0.29) is 0 Å². The van der Waals surface area contributed by atoms with Crippen LogP contribution in [0.4, 0.5) is 0 Å². The number of benzene rings is 1. The summed E-state index contributed by atoms with van der Waals surface area (Å²) in [4.78, 5) is 4.61. The third-order valence-electron chi connectivity index (χ3n) is 3.39. The van der Waals surface area contributed by atoms with Gasteiger partial charge in [-0.15, -0.1) is 0 Å². The van der Waals surface area contributed by atoms with Crippen molar-refractivity contribution in [2.45, 2.75) is 20.5 Å². The Labute approximate surface area is 152 Å². The highest BCUT2D eigenvalue weighted by Gasteiger charge is 2.03. The highest BCUT2D eigenvalue weighted by Crippen LogP contribution is 2.03.